The molecule has 1 aromatic carbocycles. The summed E-state index contributed by atoms with van der Waals surface area (Å²) in [6.07, 6.45) is -0.718. The molecule has 4 N–H and O–H groups in total. The van der Waals surface area contributed by atoms with Gasteiger partial charge in [0.25, 0.3) is 5.91 Å². The number of carbonyl (C=O) groups excluding carboxylic acids is 1. The minimum Gasteiger partial charge on any atom is -0.396 e. The Kier molecular flexibility index (Phi) is 3.72. The van der Waals surface area contributed by atoms with Gasteiger partial charge in [0, 0.05) is 5.56 Å². The molecule has 17 heavy (non-hydrogen) atoms. The van der Waals surface area contributed by atoms with Crippen LogP contribution in [0.3, 0.4) is 0 Å². The molecule has 4 nitrogen and oxygen atoms in total. The fraction of sp³-hybridized carbons (Fsp3) is 0.417. The van der Waals surface area contributed by atoms with Crippen LogP contribution in [0.25, 0.3) is 0 Å². The van der Waals surface area contributed by atoms with Crippen molar-refractivity contribution in [2.75, 3.05) is 5.73 Å². The molecule has 0 bridgehead atoms. The zero-order valence-corrected chi connectivity index (χ0v) is 10.1. The highest BCUT2D eigenvalue weighted by Crippen LogP contribution is 2.14. The van der Waals surface area contributed by atoms with Crippen LogP contribution in [-0.4, -0.2) is 22.7 Å². The van der Waals surface area contributed by atoms with Crippen LogP contribution in [0.5, 0.6) is 0 Å². The molecule has 0 heterocycles. The van der Waals surface area contributed by atoms with Gasteiger partial charge in [0.15, 0.2) is 0 Å². The summed E-state index contributed by atoms with van der Waals surface area (Å²) in [6.45, 7) is 4.94. The number of rotatable bonds is 3. The summed E-state index contributed by atoms with van der Waals surface area (Å²) in [5.41, 5.74) is 4.70. The maximum absolute atomic E-state index is 13.2. The first-order chi connectivity index (χ1) is 7.74. The van der Waals surface area contributed by atoms with Gasteiger partial charge in [-0.15, -0.1) is 0 Å². The standard InChI is InChI=1S/C12H17FN2O2/c1-7(16)12(2,3)15-11(17)8-4-5-10(14)9(13)6-8/h4-7,16H,14H2,1-3H3,(H,15,17). The highest BCUT2D eigenvalue weighted by Gasteiger charge is 2.26. The number of nitrogens with one attached hydrogen (secondary N) is 1. The lowest BCUT2D eigenvalue weighted by molar-refractivity contribution is 0.0709. The number of amides is 1. The van der Waals surface area contributed by atoms with Crippen molar-refractivity contribution in [3.05, 3.63) is 29.6 Å². The summed E-state index contributed by atoms with van der Waals surface area (Å²) in [5, 5.41) is 12.1. The molecule has 1 aromatic rings. The van der Waals surface area contributed by atoms with E-state index in [1.807, 2.05) is 0 Å². The van der Waals surface area contributed by atoms with Gasteiger partial charge >= 0.3 is 0 Å². The van der Waals surface area contributed by atoms with Crippen molar-refractivity contribution in [2.45, 2.75) is 32.4 Å². The van der Waals surface area contributed by atoms with Crippen LogP contribution in [0.15, 0.2) is 18.2 Å². The monoisotopic (exact) mass is 240 g/mol. The molecule has 0 aliphatic heterocycles. The third-order valence-electron chi connectivity index (χ3n) is 2.74. The van der Waals surface area contributed by atoms with Gasteiger partial charge in [-0.2, -0.15) is 0 Å². The lowest BCUT2D eigenvalue weighted by atomic mass is 9.98. The van der Waals surface area contributed by atoms with Gasteiger partial charge in [-0.25, -0.2) is 4.39 Å². The zero-order chi connectivity index (χ0) is 13.2. The first-order valence-electron chi connectivity index (χ1n) is 5.29. The van der Waals surface area contributed by atoms with Crippen molar-refractivity contribution in [3.8, 4) is 0 Å². The Hall–Kier alpha value is -1.62. The fourth-order valence-corrected chi connectivity index (χ4v) is 1.14. The van der Waals surface area contributed by atoms with Crippen molar-refractivity contribution in [1.29, 1.82) is 0 Å². The number of hydrogen-bond acceptors (Lipinski definition) is 3. The summed E-state index contributed by atoms with van der Waals surface area (Å²) in [4.78, 5) is 11.8. The number of carbonyl (C=O) groups is 1. The maximum atomic E-state index is 13.2. The van der Waals surface area contributed by atoms with Crippen molar-refractivity contribution < 1.29 is 14.3 Å². The van der Waals surface area contributed by atoms with Gasteiger partial charge in [0.1, 0.15) is 5.82 Å². The van der Waals surface area contributed by atoms with Gasteiger partial charge in [0.05, 0.1) is 17.3 Å². The van der Waals surface area contributed by atoms with Crippen molar-refractivity contribution in [2.24, 2.45) is 0 Å². The predicted molar refractivity (Wildman–Crippen MR) is 64.0 cm³/mol. The molecule has 1 unspecified atom stereocenters. The number of aliphatic hydroxyl groups excluding tert-OH is 1. The minimum absolute atomic E-state index is 0.00339. The number of benzene rings is 1. The molecule has 0 aliphatic rings. The summed E-state index contributed by atoms with van der Waals surface area (Å²) < 4.78 is 13.2. The second kappa shape index (κ2) is 4.71. The van der Waals surface area contributed by atoms with E-state index >= 15 is 0 Å². The molecule has 0 saturated carbocycles. The Bertz CT molecular complexity index is 431. The lowest BCUT2D eigenvalue weighted by Gasteiger charge is -2.29. The van der Waals surface area contributed by atoms with Crippen molar-refractivity contribution in [3.63, 3.8) is 0 Å². The van der Waals surface area contributed by atoms with Crippen LogP contribution >= 0.6 is 0 Å². The Balaban J connectivity index is 2.87. The Morgan fingerprint density at radius 2 is 2.12 bits per heavy atom. The number of anilines is 1. The molecule has 0 fully saturated rings. The van der Waals surface area contributed by atoms with E-state index in [2.05, 4.69) is 5.32 Å². The van der Waals surface area contributed by atoms with E-state index in [9.17, 15) is 14.3 Å². The average Bonchev–Trinajstić information content (AvgIpc) is 2.21. The third kappa shape index (κ3) is 3.17. The van der Waals surface area contributed by atoms with E-state index in [4.69, 9.17) is 5.73 Å². The number of aliphatic hydroxyl groups is 1. The molecule has 0 radical (unpaired) electrons. The number of hydrogen-bond donors (Lipinski definition) is 3. The Morgan fingerprint density at radius 1 is 1.53 bits per heavy atom. The third-order valence-corrected chi connectivity index (χ3v) is 2.74. The fourth-order valence-electron chi connectivity index (χ4n) is 1.14. The van der Waals surface area contributed by atoms with Crippen LogP contribution in [0.4, 0.5) is 10.1 Å². The maximum Gasteiger partial charge on any atom is 0.251 e. The number of nitrogen functional groups attached to an aromatic ring is 1. The summed E-state index contributed by atoms with van der Waals surface area (Å²) in [5.74, 6) is -1.08. The molecule has 0 saturated heterocycles. The molecule has 5 heteroatoms. The largest absolute Gasteiger partial charge is 0.396 e. The molecule has 1 atom stereocenters. The highest BCUT2D eigenvalue weighted by atomic mass is 19.1. The van der Waals surface area contributed by atoms with Gasteiger partial charge in [0.2, 0.25) is 0 Å². The molecular weight excluding hydrogens is 223 g/mol. The van der Waals surface area contributed by atoms with E-state index in [1.165, 1.54) is 12.1 Å². The lowest BCUT2D eigenvalue weighted by Crippen LogP contribution is -2.51. The quantitative estimate of drug-likeness (QED) is 0.697. The predicted octanol–water partition coefficient (Wildman–Crippen LogP) is 1.30. The van der Waals surface area contributed by atoms with E-state index in [0.717, 1.165) is 6.07 Å². The van der Waals surface area contributed by atoms with Crippen molar-refractivity contribution >= 4 is 11.6 Å². The number of nitrogens with two attached hydrogens (primary N) is 1. The number of halogens is 1. The van der Waals surface area contributed by atoms with Crippen LogP contribution in [0.1, 0.15) is 31.1 Å². The first-order valence-corrected chi connectivity index (χ1v) is 5.29. The Morgan fingerprint density at radius 3 is 2.59 bits per heavy atom. The Labute approximate surface area is 99.6 Å². The SMILES string of the molecule is CC(O)C(C)(C)NC(=O)c1ccc(N)c(F)c1. The molecule has 94 valence electrons. The van der Waals surface area contributed by atoms with Gasteiger partial charge in [-0.3, -0.25) is 4.79 Å². The van der Waals surface area contributed by atoms with E-state index in [-0.39, 0.29) is 11.3 Å². The molecule has 0 aromatic heterocycles. The van der Waals surface area contributed by atoms with Crippen molar-refractivity contribution in [1.82, 2.24) is 5.32 Å². The van der Waals surface area contributed by atoms with Crippen LogP contribution in [-0.2, 0) is 0 Å². The summed E-state index contributed by atoms with van der Waals surface area (Å²) in [6, 6.07) is 3.84. The topological polar surface area (TPSA) is 75.3 Å². The van der Waals surface area contributed by atoms with Crippen LogP contribution < -0.4 is 11.1 Å². The molecule has 1 rings (SSSR count). The molecule has 1 amide bonds. The van der Waals surface area contributed by atoms with E-state index in [0.29, 0.717) is 0 Å². The summed E-state index contributed by atoms with van der Waals surface area (Å²) >= 11 is 0. The van der Waals surface area contributed by atoms with Gasteiger partial charge < -0.3 is 16.2 Å². The highest BCUT2D eigenvalue weighted by molar-refractivity contribution is 5.95. The normalized spacial score (nSPS) is 13.2. The zero-order valence-electron chi connectivity index (χ0n) is 10.1. The van der Waals surface area contributed by atoms with Gasteiger partial charge in [-0.05, 0) is 39.0 Å². The average molecular weight is 240 g/mol. The van der Waals surface area contributed by atoms with Gasteiger partial charge in [-0.1, -0.05) is 0 Å². The van der Waals surface area contributed by atoms with E-state index in [1.54, 1.807) is 20.8 Å². The molecule has 0 spiro atoms. The second-order valence-corrected chi connectivity index (χ2v) is 4.59. The smallest absolute Gasteiger partial charge is 0.251 e. The van der Waals surface area contributed by atoms with Crippen LogP contribution in [0, 0.1) is 5.82 Å². The molecule has 0 aliphatic carbocycles. The minimum atomic E-state index is -0.783. The second-order valence-electron chi connectivity index (χ2n) is 4.59. The van der Waals surface area contributed by atoms with Crippen LogP contribution in [0.2, 0.25) is 0 Å². The molecular formula is C12H17FN2O2. The first kappa shape index (κ1) is 13.4. The van der Waals surface area contributed by atoms with E-state index < -0.39 is 23.4 Å². The summed E-state index contributed by atoms with van der Waals surface area (Å²) in [7, 11) is 0.